The summed E-state index contributed by atoms with van der Waals surface area (Å²) in [5.74, 6) is 0.907. The Morgan fingerprint density at radius 2 is 1.66 bits per heavy atom. The molecule has 2 fully saturated rings. The van der Waals surface area contributed by atoms with E-state index >= 15 is 0 Å². The van der Waals surface area contributed by atoms with Gasteiger partial charge < -0.3 is 9.64 Å². The number of likely N-dealkylation sites (tertiary alicyclic amines) is 1. The van der Waals surface area contributed by atoms with Crippen molar-refractivity contribution in [3.8, 4) is 28.3 Å². The zero-order valence-corrected chi connectivity index (χ0v) is 23.3. The molecule has 6 rings (SSSR count). The minimum atomic E-state index is -2.91. The normalized spacial score (nSPS) is 18.0. The van der Waals surface area contributed by atoms with Crippen LogP contribution in [0.15, 0.2) is 65.5 Å². The average molecular weight is 562 g/mol. The average Bonchev–Trinajstić information content (AvgIpc) is 3.80. The van der Waals surface area contributed by atoms with Crippen LogP contribution in [0, 0.1) is 11.7 Å². The van der Waals surface area contributed by atoms with E-state index in [0.717, 1.165) is 55.5 Å². The van der Waals surface area contributed by atoms with Gasteiger partial charge in [0, 0.05) is 24.7 Å². The van der Waals surface area contributed by atoms with Gasteiger partial charge in [-0.05, 0) is 123 Å². The molecule has 0 amide bonds. The van der Waals surface area contributed by atoms with Crippen molar-refractivity contribution in [2.75, 3.05) is 13.1 Å². The minimum Gasteiger partial charge on any atom is -0.435 e. The number of fused-ring (bicyclic) bond motifs is 1. The summed E-state index contributed by atoms with van der Waals surface area (Å²) in [7, 11) is 0. The molecule has 1 aromatic heterocycles. The van der Waals surface area contributed by atoms with Crippen LogP contribution in [-0.4, -0.2) is 40.2 Å². The molecule has 214 valence electrons. The highest BCUT2D eigenvalue weighted by Crippen LogP contribution is 2.42. The molecule has 5 nitrogen and oxygen atoms in total. The Kier molecular flexibility index (Phi) is 7.60. The second kappa shape index (κ2) is 11.3. The van der Waals surface area contributed by atoms with Crippen molar-refractivity contribution in [3.63, 3.8) is 0 Å². The molecule has 1 saturated carbocycles. The predicted molar refractivity (Wildman–Crippen MR) is 155 cm³/mol. The van der Waals surface area contributed by atoms with Crippen molar-refractivity contribution in [2.45, 2.75) is 64.6 Å². The molecule has 2 heterocycles. The summed E-state index contributed by atoms with van der Waals surface area (Å²) in [6.45, 7) is 3.90. The quantitative estimate of drug-likeness (QED) is 0.224. The SMILES string of the molecule is CC(C)N1CCCC(Cn2c(-c3ccc(OC(F)F)cc3)nc3ccc(-c4ccc(F)c(C5CC5)c4)cc3c2=O)C1. The van der Waals surface area contributed by atoms with Crippen molar-refractivity contribution in [1.29, 1.82) is 0 Å². The lowest BCUT2D eigenvalue weighted by molar-refractivity contribution is -0.0498. The summed E-state index contributed by atoms with van der Waals surface area (Å²) in [6, 6.07) is 17.5. The summed E-state index contributed by atoms with van der Waals surface area (Å²) in [5.41, 5.74) is 3.51. The Balaban J connectivity index is 1.43. The number of rotatable bonds is 8. The molecule has 0 bridgehead atoms. The molecule has 1 unspecified atom stereocenters. The zero-order valence-electron chi connectivity index (χ0n) is 23.3. The highest BCUT2D eigenvalue weighted by atomic mass is 19.3. The van der Waals surface area contributed by atoms with Gasteiger partial charge in [0.2, 0.25) is 0 Å². The Hall–Kier alpha value is -3.65. The fourth-order valence-corrected chi connectivity index (χ4v) is 5.98. The molecule has 0 N–H and O–H groups in total. The predicted octanol–water partition coefficient (Wildman–Crippen LogP) is 7.47. The molecule has 0 spiro atoms. The van der Waals surface area contributed by atoms with Crippen molar-refractivity contribution in [3.05, 3.63) is 82.4 Å². The number of piperidine rings is 1. The number of alkyl halides is 2. The third-order valence-electron chi connectivity index (χ3n) is 8.36. The molecule has 3 aromatic carbocycles. The van der Waals surface area contributed by atoms with Crippen molar-refractivity contribution < 1.29 is 17.9 Å². The Bertz CT molecular complexity index is 1610. The highest BCUT2D eigenvalue weighted by molar-refractivity contribution is 5.85. The van der Waals surface area contributed by atoms with Crippen molar-refractivity contribution in [1.82, 2.24) is 14.5 Å². The number of halogens is 3. The van der Waals surface area contributed by atoms with E-state index in [9.17, 15) is 18.0 Å². The van der Waals surface area contributed by atoms with E-state index in [2.05, 4.69) is 23.5 Å². The van der Waals surface area contributed by atoms with Crippen molar-refractivity contribution >= 4 is 10.9 Å². The van der Waals surface area contributed by atoms with Crippen LogP contribution in [0.3, 0.4) is 0 Å². The Labute approximate surface area is 237 Å². The van der Waals surface area contributed by atoms with Crippen LogP contribution in [0.2, 0.25) is 0 Å². The standard InChI is InChI=1S/C33H34F3N3O2/c1-20(2)38-15-3-4-21(18-38)19-39-31(23-7-11-26(12-8-23)41-33(35)36)37-30-14-10-25(17-28(30)32(39)40)24-9-13-29(34)27(16-24)22-5-6-22/h7-14,16-17,20-22,33H,3-6,15,18-19H2,1-2H3. The first-order chi connectivity index (χ1) is 19.8. The summed E-state index contributed by atoms with van der Waals surface area (Å²) in [4.78, 5) is 21.5. The lowest BCUT2D eigenvalue weighted by Crippen LogP contribution is -2.42. The molecule has 1 saturated heterocycles. The van der Waals surface area contributed by atoms with Gasteiger partial charge in [-0.3, -0.25) is 9.36 Å². The Morgan fingerprint density at radius 3 is 2.37 bits per heavy atom. The molecule has 1 aliphatic heterocycles. The summed E-state index contributed by atoms with van der Waals surface area (Å²) >= 11 is 0. The van der Waals surface area contributed by atoms with E-state index in [0.29, 0.717) is 34.9 Å². The fraction of sp³-hybridized carbons (Fsp3) is 0.394. The summed E-state index contributed by atoms with van der Waals surface area (Å²) < 4.78 is 46.1. The van der Waals surface area contributed by atoms with Gasteiger partial charge in [0.25, 0.3) is 5.56 Å². The number of ether oxygens (including phenoxy) is 1. The minimum absolute atomic E-state index is 0.0489. The van der Waals surface area contributed by atoms with Crippen LogP contribution < -0.4 is 10.3 Å². The molecule has 0 radical (unpaired) electrons. The van der Waals surface area contributed by atoms with Gasteiger partial charge >= 0.3 is 6.61 Å². The largest absolute Gasteiger partial charge is 0.435 e. The topological polar surface area (TPSA) is 47.4 Å². The second-order valence-electron chi connectivity index (χ2n) is 11.6. The highest BCUT2D eigenvalue weighted by Gasteiger charge is 2.27. The first kappa shape index (κ1) is 27.5. The Morgan fingerprint density at radius 1 is 0.951 bits per heavy atom. The maximum atomic E-state index is 14.4. The number of nitrogens with zero attached hydrogens (tertiary/aromatic N) is 3. The van der Waals surface area contributed by atoms with Crippen LogP contribution in [0.25, 0.3) is 33.4 Å². The van der Waals surface area contributed by atoms with E-state index in [1.165, 1.54) is 18.2 Å². The third-order valence-corrected chi connectivity index (χ3v) is 8.36. The first-order valence-corrected chi connectivity index (χ1v) is 14.4. The van der Waals surface area contributed by atoms with E-state index in [1.807, 2.05) is 24.3 Å². The third kappa shape index (κ3) is 5.89. The molecule has 2 aliphatic rings. The molecule has 41 heavy (non-hydrogen) atoms. The second-order valence-corrected chi connectivity index (χ2v) is 11.6. The van der Waals surface area contributed by atoms with Gasteiger partial charge in [-0.25, -0.2) is 9.37 Å². The monoisotopic (exact) mass is 561 g/mol. The fourth-order valence-electron chi connectivity index (χ4n) is 5.98. The van der Waals surface area contributed by atoms with Crippen LogP contribution in [-0.2, 0) is 6.54 Å². The molecule has 4 aromatic rings. The zero-order chi connectivity index (χ0) is 28.7. The smallest absolute Gasteiger partial charge is 0.387 e. The van der Waals surface area contributed by atoms with Gasteiger partial charge in [0.15, 0.2) is 0 Å². The molecule has 8 heteroatoms. The number of hydrogen-bond acceptors (Lipinski definition) is 4. The van der Waals surface area contributed by atoms with Gasteiger partial charge in [-0.15, -0.1) is 0 Å². The van der Waals surface area contributed by atoms with Gasteiger partial charge in [-0.2, -0.15) is 8.78 Å². The van der Waals surface area contributed by atoms with E-state index in [1.54, 1.807) is 22.8 Å². The van der Waals surface area contributed by atoms with Crippen molar-refractivity contribution in [2.24, 2.45) is 5.92 Å². The molecule has 1 aliphatic carbocycles. The maximum Gasteiger partial charge on any atom is 0.387 e. The number of aromatic nitrogens is 2. The lowest BCUT2D eigenvalue weighted by Gasteiger charge is -2.35. The van der Waals surface area contributed by atoms with Gasteiger partial charge in [-0.1, -0.05) is 12.1 Å². The summed E-state index contributed by atoms with van der Waals surface area (Å²) in [5, 5.41) is 0.498. The molecular formula is C33H34F3N3O2. The maximum absolute atomic E-state index is 14.4. The van der Waals surface area contributed by atoms with E-state index in [4.69, 9.17) is 4.98 Å². The van der Waals surface area contributed by atoms with Crippen LogP contribution in [0.4, 0.5) is 13.2 Å². The number of benzene rings is 3. The van der Waals surface area contributed by atoms with E-state index in [-0.39, 0.29) is 29.0 Å². The van der Waals surface area contributed by atoms with Crippen LogP contribution >= 0.6 is 0 Å². The lowest BCUT2D eigenvalue weighted by atomic mass is 9.96. The van der Waals surface area contributed by atoms with Crippen LogP contribution in [0.1, 0.15) is 51.0 Å². The molecular weight excluding hydrogens is 527 g/mol. The summed E-state index contributed by atoms with van der Waals surface area (Å²) in [6.07, 6.45) is 4.07. The van der Waals surface area contributed by atoms with Gasteiger partial charge in [0.1, 0.15) is 17.4 Å². The van der Waals surface area contributed by atoms with Gasteiger partial charge in [0.05, 0.1) is 10.9 Å². The first-order valence-electron chi connectivity index (χ1n) is 14.4. The van der Waals surface area contributed by atoms with E-state index < -0.39 is 6.61 Å². The molecule has 1 atom stereocenters. The number of hydrogen-bond donors (Lipinski definition) is 0. The van der Waals surface area contributed by atoms with Crippen LogP contribution in [0.5, 0.6) is 5.75 Å².